The summed E-state index contributed by atoms with van der Waals surface area (Å²) in [6, 6.07) is 0. The van der Waals surface area contributed by atoms with Crippen LogP contribution in [-0.2, 0) is 14.4 Å². The van der Waals surface area contributed by atoms with Crippen molar-refractivity contribution in [1.82, 2.24) is 15.2 Å². The smallest absolute Gasteiger partial charge is 0.245 e. The van der Waals surface area contributed by atoms with Gasteiger partial charge in [0.05, 0.1) is 12.5 Å². The van der Waals surface area contributed by atoms with E-state index in [9.17, 15) is 14.4 Å². The minimum atomic E-state index is -0.376. The number of carbonyl (C=O) groups excluding carboxylic acids is 3. The number of likely N-dealkylation sites (tertiary alicyclic amines) is 1. The number of anilines is 1. The first-order chi connectivity index (χ1) is 10.5. The Hall–Kier alpha value is -1.96. The molecule has 1 atom stereocenters. The maximum absolute atomic E-state index is 12.0. The van der Waals surface area contributed by atoms with E-state index < -0.39 is 0 Å². The third-order valence-corrected chi connectivity index (χ3v) is 3.96. The molecule has 0 spiro atoms. The Morgan fingerprint density at radius 1 is 1.50 bits per heavy atom. The van der Waals surface area contributed by atoms with Gasteiger partial charge in [-0.2, -0.15) is 0 Å². The lowest BCUT2D eigenvalue weighted by atomic mass is 10.1. The van der Waals surface area contributed by atoms with E-state index in [-0.39, 0.29) is 36.6 Å². The number of hydrogen-bond acceptors (Lipinski definition) is 5. The molecule has 0 aromatic carbocycles. The standard InChI is InChI=1S/C14H20N4O3S/c1-9(2)7-18-8-10(5-12(18)20)13(21)16-6-11(19)17-14-15-3-4-22-14/h3-4,9-10H,5-8H2,1-2H3,(H,16,21)(H,15,17,19). The summed E-state index contributed by atoms with van der Waals surface area (Å²) >= 11 is 1.31. The Labute approximate surface area is 133 Å². The number of carbonyl (C=O) groups is 3. The lowest BCUT2D eigenvalue weighted by molar-refractivity contribution is -0.129. The Balaban J connectivity index is 1.75. The topological polar surface area (TPSA) is 91.4 Å². The zero-order valence-electron chi connectivity index (χ0n) is 12.7. The van der Waals surface area contributed by atoms with Crippen molar-refractivity contribution in [2.75, 3.05) is 25.0 Å². The quantitative estimate of drug-likeness (QED) is 0.806. The highest BCUT2D eigenvalue weighted by Crippen LogP contribution is 2.19. The second kappa shape index (κ2) is 7.35. The van der Waals surface area contributed by atoms with Crippen molar-refractivity contribution in [2.24, 2.45) is 11.8 Å². The van der Waals surface area contributed by atoms with Gasteiger partial charge in [0.1, 0.15) is 0 Å². The molecule has 8 heteroatoms. The molecule has 0 saturated carbocycles. The van der Waals surface area contributed by atoms with Crippen LogP contribution in [0.25, 0.3) is 0 Å². The van der Waals surface area contributed by atoms with E-state index in [0.29, 0.717) is 24.1 Å². The van der Waals surface area contributed by atoms with Crippen LogP contribution in [0.15, 0.2) is 11.6 Å². The van der Waals surface area contributed by atoms with E-state index in [4.69, 9.17) is 0 Å². The van der Waals surface area contributed by atoms with Gasteiger partial charge in [0.15, 0.2) is 5.13 Å². The number of rotatable bonds is 6. The first-order valence-corrected chi connectivity index (χ1v) is 8.08. The van der Waals surface area contributed by atoms with Gasteiger partial charge in [-0.05, 0) is 5.92 Å². The maximum atomic E-state index is 12.0. The minimum Gasteiger partial charge on any atom is -0.347 e. The third-order valence-electron chi connectivity index (χ3n) is 3.27. The van der Waals surface area contributed by atoms with E-state index in [1.807, 2.05) is 13.8 Å². The molecule has 120 valence electrons. The highest BCUT2D eigenvalue weighted by molar-refractivity contribution is 7.13. The van der Waals surface area contributed by atoms with Crippen LogP contribution >= 0.6 is 11.3 Å². The molecule has 1 fully saturated rings. The van der Waals surface area contributed by atoms with Crippen LogP contribution in [0.5, 0.6) is 0 Å². The molecule has 3 amide bonds. The molecule has 2 rings (SSSR count). The van der Waals surface area contributed by atoms with Gasteiger partial charge < -0.3 is 15.5 Å². The molecule has 1 saturated heterocycles. The molecule has 0 bridgehead atoms. The first kappa shape index (κ1) is 16.4. The summed E-state index contributed by atoms with van der Waals surface area (Å²) in [5.74, 6) is -0.588. The van der Waals surface area contributed by atoms with Crippen LogP contribution < -0.4 is 10.6 Å². The van der Waals surface area contributed by atoms with Gasteiger partial charge in [0.2, 0.25) is 17.7 Å². The predicted molar refractivity (Wildman–Crippen MR) is 83.3 cm³/mol. The van der Waals surface area contributed by atoms with Gasteiger partial charge in [-0.1, -0.05) is 13.8 Å². The summed E-state index contributed by atoms with van der Waals surface area (Å²) < 4.78 is 0. The summed E-state index contributed by atoms with van der Waals surface area (Å²) in [5.41, 5.74) is 0. The van der Waals surface area contributed by atoms with Crippen molar-refractivity contribution in [1.29, 1.82) is 0 Å². The normalized spacial score (nSPS) is 17.9. The SMILES string of the molecule is CC(C)CN1CC(C(=O)NCC(=O)Nc2nccs2)CC1=O. The minimum absolute atomic E-state index is 0.00101. The highest BCUT2D eigenvalue weighted by Gasteiger charge is 2.34. The van der Waals surface area contributed by atoms with Crippen LogP contribution in [0.2, 0.25) is 0 Å². The second-order valence-electron chi connectivity index (χ2n) is 5.70. The van der Waals surface area contributed by atoms with Gasteiger partial charge in [-0.15, -0.1) is 11.3 Å². The van der Waals surface area contributed by atoms with Crippen molar-refractivity contribution < 1.29 is 14.4 Å². The predicted octanol–water partition coefficient (Wildman–Crippen LogP) is 0.702. The number of aromatic nitrogens is 1. The van der Waals surface area contributed by atoms with Crippen LogP contribution in [0.1, 0.15) is 20.3 Å². The summed E-state index contributed by atoms with van der Waals surface area (Å²) in [4.78, 5) is 41.2. The molecule has 1 aliphatic rings. The molecular weight excluding hydrogens is 304 g/mol. The number of thiazole rings is 1. The van der Waals surface area contributed by atoms with E-state index in [1.165, 1.54) is 11.3 Å². The number of nitrogens with one attached hydrogen (secondary N) is 2. The molecule has 1 aromatic heterocycles. The van der Waals surface area contributed by atoms with Gasteiger partial charge in [-0.25, -0.2) is 4.98 Å². The molecule has 0 radical (unpaired) electrons. The van der Waals surface area contributed by atoms with Crippen molar-refractivity contribution in [2.45, 2.75) is 20.3 Å². The zero-order chi connectivity index (χ0) is 16.1. The lowest BCUT2D eigenvalue weighted by Crippen LogP contribution is -2.38. The average Bonchev–Trinajstić information content (AvgIpc) is 3.06. The molecule has 1 aliphatic heterocycles. The molecule has 7 nitrogen and oxygen atoms in total. The summed E-state index contributed by atoms with van der Waals surface area (Å²) in [5, 5.41) is 7.42. The van der Waals surface area contributed by atoms with Crippen molar-refractivity contribution >= 4 is 34.2 Å². The van der Waals surface area contributed by atoms with Crippen molar-refractivity contribution in [3.63, 3.8) is 0 Å². The van der Waals surface area contributed by atoms with Crippen LogP contribution in [0.3, 0.4) is 0 Å². The second-order valence-corrected chi connectivity index (χ2v) is 6.59. The Kier molecular flexibility index (Phi) is 5.48. The number of nitrogens with zero attached hydrogens (tertiary/aromatic N) is 2. The largest absolute Gasteiger partial charge is 0.347 e. The van der Waals surface area contributed by atoms with Gasteiger partial charge in [-0.3, -0.25) is 14.4 Å². The number of hydrogen-bond donors (Lipinski definition) is 2. The summed E-state index contributed by atoms with van der Waals surface area (Å²) in [7, 11) is 0. The Bertz CT molecular complexity index is 544. The molecule has 1 unspecified atom stereocenters. The van der Waals surface area contributed by atoms with Crippen LogP contribution in [0.4, 0.5) is 5.13 Å². The molecule has 2 N–H and O–H groups in total. The summed E-state index contributed by atoms with van der Waals surface area (Å²) in [6.45, 7) is 5.03. The zero-order valence-corrected chi connectivity index (χ0v) is 13.5. The fourth-order valence-corrected chi connectivity index (χ4v) is 2.87. The fourth-order valence-electron chi connectivity index (χ4n) is 2.33. The molecule has 0 aliphatic carbocycles. The summed E-state index contributed by atoms with van der Waals surface area (Å²) in [6.07, 6.45) is 1.80. The van der Waals surface area contributed by atoms with Crippen molar-refractivity contribution in [3.8, 4) is 0 Å². The Morgan fingerprint density at radius 3 is 2.91 bits per heavy atom. The van der Waals surface area contributed by atoms with E-state index >= 15 is 0 Å². The maximum Gasteiger partial charge on any atom is 0.245 e. The third kappa shape index (κ3) is 4.52. The van der Waals surface area contributed by atoms with Crippen molar-refractivity contribution in [3.05, 3.63) is 11.6 Å². The van der Waals surface area contributed by atoms with E-state index in [1.54, 1.807) is 16.5 Å². The van der Waals surface area contributed by atoms with Gasteiger partial charge in [0.25, 0.3) is 0 Å². The van der Waals surface area contributed by atoms with Gasteiger partial charge in [0, 0.05) is 31.1 Å². The lowest BCUT2D eigenvalue weighted by Gasteiger charge is -2.18. The molecule has 22 heavy (non-hydrogen) atoms. The molecule has 1 aromatic rings. The van der Waals surface area contributed by atoms with Gasteiger partial charge >= 0.3 is 0 Å². The van der Waals surface area contributed by atoms with Crippen LogP contribution in [-0.4, -0.2) is 47.2 Å². The van der Waals surface area contributed by atoms with E-state index in [2.05, 4.69) is 15.6 Å². The number of amides is 3. The van der Waals surface area contributed by atoms with E-state index in [0.717, 1.165) is 0 Å². The fraction of sp³-hybridized carbons (Fsp3) is 0.571. The monoisotopic (exact) mass is 324 g/mol. The highest BCUT2D eigenvalue weighted by atomic mass is 32.1. The first-order valence-electron chi connectivity index (χ1n) is 7.20. The molecular formula is C14H20N4O3S. The Morgan fingerprint density at radius 2 is 2.27 bits per heavy atom. The molecule has 2 heterocycles. The van der Waals surface area contributed by atoms with Crippen LogP contribution in [0, 0.1) is 11.8 Å². The average molecular weight is 324 g/mol.